The number of carbonyl (C=O) groups is 1. The van der Waals surface area contributed by atoms with E-state index in [9.17, 15) is 13.2 Å². The van der Waals surface area contributed by atoms with Crippen LogP contribution in [0.2, 0.25) is 5.02 Å². The molecule has 0 N–H and O–H groups in total. The molecule has 2 aromatic rings. The highest BCUT2D eigenvalue weighted by atomic mass is 35.5. The topological polar surface area (TPSA) is 66.8 Å². The van der Waals surface area contributed by atoms with E-state index in [1.165, 1.54) is 11.8 Å². The Morgan fingerprint density at radius 3 is 2.57 bits per heavy atom. The van der Waals surface area contributed by atoms with Crippen molar-refractivity contribution in [1.82, 2.24) is 4.90 Å². The number of hydrogen-bond acceptors (Lipinski definition) is 4. The number of hydrogen-bond donors (Lipinski definition) is 0. The quantitative estimate of drug-likeness (QED) is 0.739. The van der Waals surface area contributed by atoms with Crippen LogP contribution in [-0.2, 0) is 27.6 Å². The molecule has 4 rings (SSSR count). The number of sulfone groups is 1. The van der Waals surface area contributed by atoms with Crippen molar-refractivity contribution in [3.8, 4) is 0 Å². The minimum atomic E-state index is -3.06. The van der Waals surface area contributed by atoms with Crippen molar-refractivity contribution in [2.75, 3.05) is 11.5 Å². The third-order valence-electron chi connectivity index (χ3n) is 4.89. The predicted octanol–water partition coefficient (Wildman–Crippen LogP) is 3.18. The molecule has 28 heavy (non-hydrogen) atoms. The molecule has 146 valence electrons. The van der Waals surface area contributed by atoms with E-state index in [-0.39, 0.29) is 35.1 Å². The normalized spacial score (nSPS) is 24.5. The molecule has 2 heterocycles. The number of aliphatic imine (C=N–C) groups is 1. The van der Waals surface area contributed by atoms with Gasteiger partial charge in [-0.15, -0.1) is 0 Å². The highest BCUT2D eigenvalue weighted by Crippen LogP contribution is 2.39. The molecule has 2 fully saturated rings. The molecule has 1 amide bonds. The molecule has 5 nitrogen and oxygen atoms in total. The van der Waals surface area contributed by atoms with Crippen molar-refractivity contribution in [3.63, 3.8) is 0 Å². The van der Waals surface area contributed by atoms with Crippen molar-refractivity contribution in [3.05, 3.63) is 70.7 Å². The molecule has 2 saturated heterocycles. The SMILES string of the molecule is O=C(Cc1ccccc1Cl)N=C1S[C@H]2CS(=O)(=O)C[C@H]2N1Cc1ccccc1. The fraction of sp³-hybridized carbons (Fsp3) is 0.300. The molecule has 0 spiro atoms. The van der Waals surface area contributed by atoms with E-state index >= 15 is 0 Å². The standard InChI is InChI=1S/C20H19ClN2O3S2/c21-16-9-5-4-8-15(16)10-19(24)22-20-23(11-14-6-2-1-3-7-14)17-12-28(25,26)13-18(17)27-20/h1-9,17-18H,10-13H2/t17-,18+/m1/s1. The summed E-state index contributed by atoms with van der Waals surface area (Å²) in [6, 6.07) is 16.9. The Labute approximate surface area is 173 Å². The van der Waals surface area contributed by atoms with Gasteiger partial charge >= 0.3 is 0 Å². The fourth-order valence-electron chi connectivity index (χ4n) is 3.55. The van der Waals surface area contributed by atoms with E-state index in [2.05, 4.69) is 4.99 Å². The van der Waals surface area contributed by atoms with Crippen LogP contribution < -0.4 is 0 Å². The van der Waals surface area contributed by atoms with Crippen LogP contribution in [-0.4, -0.2) is 47.2 Å². The van der Waals surface area contributed by atoms with Gasteiger partial charge in [0.2, 0.25) is 0 Å². The van der Waals surface area contributed by atoms with Crippen LogP contribution >= 0.6 is 23.4 Å². The number of rotatable bonds is 4. The zero-order valence-electron chi connectivity index (χ0n) is 15.0. The molecule has 0 radical (unpaired) electrons. The molecular formula is C20H19ClN2O3S2. The van der Waals surface area contributed by atoms with E-state index in [0.717, 1.165) is 11.1 Å². The first kappa shape index (κ1) is 19.5. The van der Waals surface area contributed by atoms with Gasteiger partial charge in [-0.05, 0) is 17.2 Å². The number of carbonyl (C=O) groups excluding carboxylic acids is 1. The molecule has 0 aromatic heterocycles. The number of fused-ring (bicyclic) bond motifs is 1. The molecule has 2 aliphatic rings. The number of halogens is 1. The molecule has 2 aromatic carbocycles. The highest BCUT2D eigenvalue weighted by molar-refractivity contribution is 8.15. The van der Waals surface area contributed by atoms with Crippen LogP contribution in [0.25, 0.3) is 0 Å². The Morgan fingerprint density at radius 1 is 1.11 bits per heavy atom. The lowest BCUT2D eigenvalue weighted by Gasteiger charge is -2.24. The van der Waals surface area contributed by atoms with E-state index in [1.807, 2.05) is 53.4 Å². The van der Waals surface area contributed by atoms with E-state index in [1.54, 1.807) is 6.07 Å². The number of amidine groups is 1. The Kier molecular flexibility index (Phi) is 5.49. The third kappa shape index (κ3) is 4.26. The largest absolute Gasteiger partial charge is 0.342 e. The first-order valence-electron chi connectivity index (χ1n) is 8.94. The second kappa shape index (κ2) is 7.89. The minimum absolute atomic E-state index is 0.0828. The number of nitrogens with zero attached hydrogens (tertiary/aromatic N) is 2. The van der Waals surface area contributed by atoms with Gasteiger partial charge in [0.05, 0.1) is 24.0 Å². The van der Waals surface area contributed by atoms with Gasteiger partial charge in [-0.3, -0.25) is 4.79 Å². The van der Waals surface area contributed by atoms with Crippen LogP contribution in [0, 0.1) is 0 Å². The van der Waals surface area contributed by atoms with Crippen LogP contribution in [0.3, 0.4) is 0 Å². The van der Waals surface area contributed by atoms with Crippen LogP contribution in [0.4, 0.5) is 0 Å². The van der Waals surface area contributed by atoms with Crippen molar-refractivity contribution in [2.45, 2.75) is 24.3 Å². The third-order valence-corrected chi connectivity index (χ3v) is 8.51. The monoisotopic (exact) mass is 434 g/mol. The first-order valence-corrected chi connectivity index (χ1v) is 12.0. The lowest BCUT2D eigenvalue weighted by Crippen LogP contribution is -2.37. The molecule has 2 aliphatic heterocycles. The average molecular weight is 435 g/mol. The van der Waals surface area contributed by atoms with Gasteiger partial charge in [0.25, 0.3) is 5.91 Å². The maximum Gasteiger partial charge on any atom is 0.252 e. The van der Waals surface area contributed by atoms with Gasteiger partial charge in [0.15, 0.2) is 15.0 Å². The van der Waals surface area contributed by atoms with Crippen molar-refractivity contribution < 1.29 is 13.2 Å². The smallest absolute Gasteiger partial charge is 0.252 e. The zero-order valence-corrected chi connectivity index (χ0v) is 17.4. The second-order valence-electron chi connectivity index (χ2n) is 6.97. The molecule has 0 bridgehead atoms. The molecule has 0 saturated carbocycles. The summed E-state index contributed by atoms with van der Waals surface area (Å²) in [6.07, 6.45) is 0.122. The first-order chi connectivity index (χ1) is 13.4. The zero-order chi connectivity index (χ0) is 19.7. The van der Waals surface area contributed by atoms with Crippen molar-refractivity contribution >= 4 is 44.3 Å². The van der Waals surface area contributed by atoms with Gasteiger partial charge < -0.3 is 4.90 Å². The number of amides is 1. The molecule has 0 unspecified atom stereocenters. The molecule has 0 aliphatic carbocycles. The Hall–Kier alpha value is -1.83. The average Bonchev–Trinajstić information content (AvgIpc) is 3.10. The highest BCUT2D eigenvalue weighted by Gasteiger charge is 2.48. The summed E-state index contributed by atoms with van der Waals surface area (Å²) in [5.74, 6) is -0.0443. The molecule has 8 heteroatoms. The van der Waals surface area contributed by atoms with E-state index in [4.69, 9.17) is 11.6 Å². The van der Waals surface area contributed by atoms with Crippen LogP contribution in [0.5, 0.6) is 0 Å². The van der Waals surface area contributed by atoms with E-state index in [0.29, 0.717) is 16.7 Å². The molecule has 2 atom stereocenters. The minimum Gasteiger partial charge on any atom is -0.342 e. The Balaban J connectivity index is 1.58. The van der Waals surface area contributed by atoms with Crippen LogP contribution in [0.1, 0.15) is 11.1 Å². The van der Waals surface area contributed by atoms with Gasteiger partial charge in [-0.25, -0.2) is 8.42 Å². The van der Waals surface area contributed by atoms with Gasteiger partial charge in [0.1, 0.15) is 0 Å². The summed E-state index contributed by atoms with van der Waals surface area (Å²) < 4.78 is 24.2. The lowest BCUT2D eigenvalue weighted by atomic mass is 10.1. The second-order valence-corrected chi connectivity index (χ2v) is 10.7. The summed E-state index contributed by atoms with van der Waals surface area (Å²) in [4.78, 5) is 18.9. The number of benzene rings is 2. The van der Waals surface area contributed by atoms with E-state index < -0.39 is 9.84 Å². The van der Waals surface area contributed by atoms with Gasteiger partial charge in [0, 0.05) is 16.8 Å². The predicted molar refractivity (Wildman–Crippen MR) is 113 cm³/mol. The van der Waals surface area contributed by atoms with Crippen LogP contribution in [0.15, 0.2) is 59.6 Å². The number of thioether (sulfide) groups is 1. The Bertz CT molecular complexity index is 1020. The summed E-state index contributed by atoms with van der Waals surface area (Å²) >= 11 is 7.54. The van der Waals surface area contributed by atoms with Gasteiger partial charge in [-0.1, -0.05) is 71.9 Å². The Morgan fingerprint density at radius 2 is 1.82 bits per heavy atom. The van der Waals surface area contributed by atoms with Gasteiger partial charge in [-0.2, -0.15) is 4.99 Å². The summed E-state index contributed by atoms with van der Waals surface area (Å²) in [6.45, 7) is 0.530. The summed E-state index contributed by atoms with van der Waals surface area (Å²) in [5.41, 5.74) is 1.79. The lowest BCUT2D eigenvalue weighted by molar-refractivity contribution is -0.117. The maximum atomic E-state index is 12.6. The fourth-order valence-corrected chi connectivity index (χ4v) is 7.72. The molecular weight excluding hydrogens is 416 g/mol. The summed E-state index contributed by atoms with van der Waals surface area (Å²) in [5, 5.41) is 1.06. The maximum absolute atomic E-state index is 12.6. The van der Waals surface area contributed by atoms with Crippen molar-refractivity contribution in [2.24, 2.45) is 4.99 Å². The summed E-state index contributed by atoms with van der Waals surface area (Å²) in [7, 11) is -3.06. The van der Waals surface area contributed by atoms with Crippen molar-refractivity contribution in [1.29, 1.82) is 0 Å².